The molecular formula is C12H13NO. The van der Waals surface area contributed by atoms with Gasteiger partial charge in [-0.05, 0) is 24.0 Å². The summed E-state index contributed by atoms with van der Waals surface area (Å²) in [5, 5.41) is 0. The molecule has 2 heteroatoms. The number of benzene rings is 1. The maximum atomic E-state index is 5.54. The van der Waals surface area contributed by atoms with E-state index in [-0.39, 0.29) is 0 Å². The quantitative estimate of drug-likeness (QED) is 0.660. The van der Waals surface area contributed by atoms with Crippen molar-refractivity contribution in [1.29, 1.82) is 0 Å². The minimum atomic E-state index is 0.439. The van der Waals surface area contributed by atoms with E-state index >= 15 is 0 Å². The zero-order valence-electron chi connectivity index (χ0n) is 8.07. The first kappa shape index (κ1) is 8.04. The largest absolute Gasteiger partial charge is 0.479 e. The number of aliphatic imine (C=N–C) groups is 1. The maximum Gasteiger partial charge on any atom is 0.191 e. The average molecular weight is 187 g/mol. The molecule has 0 N–H and O–H groups in total. The van der Waals surface area contributed by atoms with Crippen LogP contribution in [0.5, 0.6) is 0 Å². The number of hydrogen-bond donors (Lipinski definition) is 0. The van der Waals surface area contributed by atoms with Gasteiger partial charge in [-0.15, -0.1) is 0 Å². The van der Waals surface area contributed by atoms with Crippen LogP contribution in [0.15, 0.2) is 29.3 Å². The highest BCUT2D eigenvalue weighted by Crippen LogP contribution is 2.34. The fraction of sp³-hybridized carbons (Fsp3) is 0.417. The summed E-state index contributed by atoms with van der Waals surface area (Å²) < 4.78 is 5.54. The Bertz CT molecular complexity index is 384. The molecule has 1 heterocycles. The van der Waals surface area contributed by atoms with Crippen molar-refractivity contribution < 1.29 is 4.74 Å². The third-order valence-electron chi connectivity index (χ3n) is 3.04. The van der Waals surface area contributed by atoms with E-state index in [1.807, 2.05) is 0 Å². The summed E-state index contributed by atoms with van der Waals surface area (Å²) in [5.41, 5.74) is 2.89. The van der Waals surface area contributed by atoms with E-state index in [9.17, 15) is 0 Å². The van der Waals surface area contributed by atoms with Crippen LogP contribution < -0.4 is 0 Å². The molecule has 1 aliphatic carbocycles. The molecule has 0 amide bonds. The summed E-state index contributed by atoms with van der Waals surface area (Å²) in [7, 11) is 0. The fourth-order valence-electron chi connectivity index (χ4n) is 2.38. The molecule has 1 atom stereocenters. The molecule has 2 aliphatic rings. The maximum absolute atomic E-state index is 5.54. The first-order chi connectivity index (χ1) is 6.95. The number of ether oxygens (including phenoxy) is 1. The van der Waals surface area contributed by atoms with E-state index in [1.165, 1.54) is 17.5 Å². The van der Waals surface area contributed by atoms with Gasteiger partial charge in [-0.1, -0.05) is 24.3 Å². The summed E-state index contributed by atoms with van der Waals surface area (Å²) in [6.07, 6.45) is 2.33. The lowest BCUT2D eigenvalue weighted by atomic mass is 10.0. The van der Waals surface area contributed by atoms with Crippen LogP contribution in [0.25, 0.3) is 0 Å². The molecule has 72 valence electrons. The predicted molar refractivity (Wildman–Crippen MR) is 55.8 cm³/mol. The fourth-order valence-corrected chi connectivity index (χ4v) is 2.38. The smallest absolute Gasteiger partial charge is 0.191 e. The second kappa shape index (κ2) is 3.12. The molecule has 14 heavy (non-hydrogen) atoms. The Hall–Kier alpha value is -1.31. The molecule has 0 bridgehead atoms. The van der Waals surface area contributed by atoms with E-state index in [4.69, 9.17) is 4.74 Å². The summed E-state index contributed by atoms with van der Waals surface area (Å²) in [4.78, 5) is 4.41. The van der Waals surface area contributed by atoms with Crippen LogP contribution in [-0.4, -0.2) is 19.0 Å². The van der Waals surface area contributed by atoms with Crippen molar-refractivity contribution in [2.45, 2.75) is 18.8 Å². The topological polar surface area (TPSA) is 21.6 Å². The van der Waals surface area contributed by atoms with Gasteiger partial charge >= 0.3 is 0 Å². The van der Waals surface area contributed by atoms with Gasteiger partial charge in [-0.3, -0.25) is 4.99 Å². The molecule has 1 unspecified atom stereocenters. The Kier molecular flexibility index (Phi) is 1.79. The van der Waals surface area contributed by atoms with Crippen molar-refractivity contribution in [2.24, 2.45) is 4.99 Å². The van der Waals surface area contributed by atoms with Crippen molar-refractivity contribution in [3.63, 3.8) is 0 Å². The minimum absolute atomic E-state index is 0.439. The first-order valence-electron chi connectivity index (χ1n) is 5.20. The zero-order valence-corrected chi connectivity index (χ0v) is 8.07. The normalized spacial score (nSPS) is 24.3. The minimum Gasteiger partial charge on any atom is -0.479 e. The van der Waals surface area contributed by atoms with E-state index < -0.39 is 0 Å². The van der Waals surface area contributed by atoms with Crippen molar-refractivity contribution in [3.8, 4) is 0 Å². The van der Waals surface area contributed by atoms with Gasteiger partial charge in [0.05, 0.1) is 12.5 Å². The zero-order chi connectivity index (χ0) is 9.38. The monoisotopic (exact) mass is 187 g/mol. The van der Waals surface area contributed by atoms with Crippen LogP contribution in [-0.2, 0) is 11.2 Å². The number of hydrogen-bond acceptors (Lipinski definition) is 2. The molecule has 0 radical (unpaired) electrons. The average Bonchev–Trinajstić information content (AvgIpc) is 2.85. The van der Waals surface area contributed by atoms with Crippen molar-refractivity contribution in [1.82, 2.24) is 0 Å². The molecule has 0 saturated heterocycles. The second-order valence-electron chi connectivity index (χ2n) is 3.86. The lowest BCUT2D eigenvalue weighted by Gasteiger charge is -2.10. The second-order valence-corrected chi connectivity index (χ2v) is 3.86. The molecule has 1 aliphatic heterocycles. The van der Waals surface area contributed by atoms with Crippen LogP contribution in [0.1, 0.15) is 23.5 Å². The van der Waals surface area contributed by atoms with Crippen LogP contribution in [0.2, 0.25) is 0 Å². The third kappa shape index (κ3) is 1.14. The molecule has 2 nitrogen and oxygen atoms in total. The van der Waals surface area contributed by atoms with Gasteiger partial charge in [0.15, 0.2) is 5.90 Å². The van der Waals surface area contributed by atoms with Gasteiger partial charge in [-0.2, -0.15) is 0 Å². The first-order valence-corrected chi connectivity index (χ1v) is 5.20. The molecule has 1 aromatic carbocycles. The van der Waals surface area contributed by atoms with Gasteiger partial charge in [0.25, 0.3) is 0 Å². The Morgan fingerprint density at radius 3 is 3.07 bits per heavy atom. The van der Waals surface area contributed by atoms with E-state index in [0.29, 0.717) is 5.92 Å². The van der Waals surface area contributed by atoms with Gasteiger partial charge in [-0.25, -0.2) is 0 Å². The molecule has 1 aromatic rings. The molecule has 0 aromatic heterocycles. The van der Waals surface area contributed by atoms with Crippen molar-refractivity contribution >= 4 is 5.90 Å². The van der Waals surface area contributed by atoms with Crippen LogP contribution in [0.4, 0.5) is 0 Å². The summed E-state index contributed by atoms with van der Waals surface area (Å²) in [6, 6.07) is 8.63. The van der Waals surface area contributed by atoms with Gasteiger partial charge in [0.1, 0.15) is 6.61 Å². The van der Waals surface area contributed by atoms with Gasteiger partial charge < -0.3 is 4.74 Å². The SMILES string of the molecule is c1ccc2c(c1)CCC2C1=NCCO1. The highest BCUT2D eigenvalue weighted by molar-refractivity contribution is 5.85. The molecular weight excluding hydrogens is 174 g/mol. The highest BCUT2D eigenvalue weighted by atomic mass is 16.5. The molecule has 0 saturated carbocycles. The van der Waals surface area contributed by atoms with Crippen LogP contribution in [0, 0.1) is 0 Å². The molecule has 0 spiro atoms. The summed E-state index contributed by atoms with van der Waals surface area (Å²) in [6.45, 7) is 1.61. The predicted octanol–water partition coefficient (Wildman–Crippen LogP) is 2.15. The Labute approximate surface area is 83.6 Å². The highest BCUT2D eigenvalue weighted by Gasteiger charge is 2.28. The number of fused-ring (bicyclic) bond motifs is 1. The van der Waals surface area contributed by atoms with Gasteiger partial charge in [0, 0.05) is 0 Å². The Balaban J connectivity index is 1.97. The standard InChI is InChI=1S/C12H13NO/c1-2-4-10-9(3-1)5-6-11(10)12-13-7-8-14-12/h1-4,11H,5-8H2. The Morgan fingerprint density at radius 1 is 1.29 bits per heavy atom. The number of rotatable bonds is 1. The summed E-state index contributed by atoms with van der Waals surface area (Å²) in [5.74, 6) is 1.41. The molecule has 0 fully saturated rings. The van der Waals surface area contributed by atoms with Crippen LogP contribution in [0.3, 0.4) is 0 Å². The van der Waals surface area contributed by atoms with E-state index in [0.717, 1.165) is 25.5 Å². The Morgan fingerprint density at radius 2 is 2.21 bits per heavy atom. The van der Waals surface area contributed by atoms with Crippen molar-refractivity contribution in [2.75, 3.05) is 13.2 Å². The summed E-state index contributed by atoms with van der Waals surface area (Å²) >= 11 is 0. The van der Waals surface area contributed by atoms with E-state index in [2.05, 4.69) is 29.3 Å². The lowest BCUT2D eigenvalue weighted by molar-refractivity contribution is 0.332. The van der Waals surface area contributed by atoms with Crippen molar-refractivity contribution in [3.05, 3.63) is 35.4 Å². The van der Waals surface area contributed by atoms with Crippen LogP contribution >= 0.6 is 0 Å². The third-order valence-corrected chi connectivity index (χ3v) is 3.04. The lowest BCUT2D eigenvalue weighted by Crippen LogP contribution is -2.09. The number of aryl methyl sites for hydroxylation is 1. The molecule has 3 rings (SSSR count). The van der Waals surface area contributed by atoms with Gasteiger partial charge in [0.2, 0.25) is 0 Å². The van der Waals surface area contributed by atoms with E-state index in [1.54, 1.807) is 0 Å². The number of nitrogens with zero attached hydrogens (tertiary/aromatic N) is 1.